The number of hydrogen-bond donors (Lipinski definition) is 2. The molecule has 178 valence electrons. The number of rotatable bonds is 18. The van der Waals surface area contributed by atoms with Crippen molar-refractivity contribution in [2.24, 2.45) is 0 Å². The molecule has 0 aliphatic rings. The Morgan fingerprint density at radius 2 is 1.32 bits per heavy atom. The maximum Gasteiger partial charge on any atom is 0.339 e. The van der Waals surface area contributed by atoms with Crippen LogP contribution < -0.4 is 9.62 Å². The normalized spacial score (nSPS) is 11.0. The van der Waals surface area contributed by atoms with Crippen molar-refractivity contribution in [3.63, 3.8) is 0 Å². The van der Waals surface area contributed by atoms with Gasteiger partial charge in [-0.3, -0.25) is 0 Å². The SMILES string of the molecule is CCCCCCOOc1c(O)c(C(=O)O)c(CCC)c(CCC)c1OCCCCCC. The van der Waals surface area contributed by atoms with Gasteiger partial charge in [0.1, 0.15) is 5.56 Å². The Bertz CT molecular complexity index is 656. The molecule has 0 unspecified atom stereocenters. The van der Waals surface area contributed by atoms with Crippen molar-refractivity contribution in [3.8, 4) is 17.2 Å². The zero-order chi connectivity index (χ0) is 23.1. The third-order valence-corrected chi connectivity index (χ3v) is 5.28. The number of ether oxygens (including phenoxy) is 1. The van der Waals surface area contributed by atoms with Crippen molar-refractivity contribution < 1.29 is 29.5 Å². The second-order valence-electron chi connectivity index (χ2n) is 8.02. The lowest BCUT2D eigenvalue weighted by atomic mass is 9.92. The van der Waals surface area contributed by atoms with Gasteiger partial charge in [-0.25, -0.2) is 4.79 Å². The maximum atomic E-state index is 12.0. The summed E-state index contributed by atoms with van der Waals surface area (Å²) in [6.07, 6.45) is 11.1. The quantitative estimate of drug-likeness (QED) is 0.148. The van der Waals surface area contributed by atoms with Crippen LogP contribution in [-0.2, 0) is 17.7 Å². The number of carboxylic acid groups (broad SMARTS) is 1. The van der Waals surface area contributed by atoms with Crippen LogP contribution in [0, 0.1) is 0 Å². The molecular formula is C25H42O6. The lowest BCUT2D eigenvalue weighted by molar-refractivity contribution is -0.209. The molecule has 6 nitrogen and oxygen atoms in total. The van der Waals surface area contributed by atoms with Crippen LogP contribution in [0.2, 0.25) is 0 Å². The number of aromatic hydroxyl groups is 1. The number of carboxylic acids is 1. The first-order chi connectivity index (χ1) is 15.0. The number of hydrogen-bond acceptors (Lipinski definition) is 5. The predicted octanol–water partition coefficient (Wildman–Crippen LogP) is 6.85. The van der Waals surface area contributed by atoms with Crippen molar-refractivity contribution in [2.75, 3.05) is 13.2 Å². The van der Waals surface area contributed by atoms with Gasteiger partial charge in [-0.05, 0) is 31.2 Å². The average Bonchev–Trinajstić information content (AvgIpc) is 2.74. The number of carbonyl (C=O) groups is 1. The largest absolute Gasteiger partial charge is 0.503 e. The standard InChI is InChI=1S/C25H42O6/c1-5-9-11-13-17-29-23-20(16-8-4)19(15-7-3)21(25(27)28)22(26)24(23)31-30-18-14-12-10-6-2/h26H,5-18H2,1-4H3,(H,27,28). The first kappa shape index (κ1) is 27.1. The summed E-state index contributed by atoms with van der Waals surface area (Å²) in [6, 6.07) is 0. The van der Waals surface area contributed by atoms with E-state index >= 15 is 0 Å². The van der Waals surface area contributed by atoms with Crippen molar-refractivity contribution in [2.45, 2.75) is 105 Å². The molecular weight excluding hydrogens is 396 g/mol. The minimum Gasteiger partial charge on any atom is -0.503 e. The highest BCUT2D eigenvalue weighted by Gasteiger charge is 2.29. The van der Waals surface area contributed by atoms with Gasteiger partial charge in [0.25, 0.3) is 0 Å². The molecule has 0 atom stereocenters. The molecule has 0 bridgehead atoms. The summed E-state index contributed by atoms with van der Waals surface area (Å²) in [4.78, 5) is 22.9. The summed E-state index contributed by atoms with van der Waals surface area (Å²) in [5, 5.41) is 20.7. The Morgan fingerprint density at radius 1 is 0.742 bits per heavy atom. The fourth-order valence-corrected chi connectivity index (χ4v) is 3.68. The first-order valence-electron chi connectivity index (χ1n) is 12.1. The number of unbranched alkanes of at least 4 members (excludes halogenated alkanes) is 6. The second kappa shape index (κ2) is 15.8. The fraction of sp³-hybridized carbons (Fsp3) is 0.720. The molecule has 0 aliphatic heterocycles. The monoisotopic (exact) mass is 438 g/mol. The Kier molecular flexibility index (Phi) is 13.8. The highest BCUT2D eigenvalue weighted by molar-refractivity contribution is 5.95. The third-order valence-electron chi connectivity index (χ3n) is 5.28. The molecule has 2 N–H and O–H groups in total. The van der Waals surface area contributed by atoms with E-state index < -0.39 is 11.7 Å². The van der Waals surface area contributed by atoms with Gasteiger partial charge in [-0.2, -0.15) is 4.89 Å². The molecule has 1 aromatic carbocycles. The molecule has 0 spiro atoms. The van der Waals surface area contributed by atoms with Crippen molar-refractivity contribution in [1.29, 1.82) is 0 Å². The van der Waals surface area contributed by atoms with E-state index in [-0.39, 0.29) is 11.3 Å². The number of phenols is 1. The van der Waals surface area contributed by atoms with Crippen molar-refractivity contribution in [1.82, 2.24) is 0 Å². The van der Waals surface area contributed by atoms with Crippen LogP contribution in [0.4, 0.5) is 0 Å². The molecule has 0 saturated heterocycles. The minimum absolute atomic E-state index is 0.00770. The average molecular weight is 439 g/mol. The Morgan fingerprint density at radius 3 is 1.87 bits per heavy atom. The van der Waals surface area contributed by atoms with Gasteiger partial charge in [0.15, 0.2) is 11.5 Å². The molecule has 0 radical (unpaired) electrons. The highest BCUT2D eigenvalue weighted by atomic mass is 17.2. The molecule has 1 aromatic rings. The number of aromatic carboxylic acids is 1. The smallest absolute Gasteiger partial charge is 0.339 e. The fourth-order valence-electron chi connectivity index (χ4n) is 3.68. The summed E-state index contributed by atoms with van der Waals surface area (Å²) >= 11 is 0. The zero-order valence-corrected chi connectivity index (χ0v) is 19.9. The molecule has 0 aromatic heterocycles. The summed E-state index contributed by atoms with van der Waals surface area (Å²) in [6.45, 7) is 9.19. The summed E-state index contributed by atoms with van der Waals surface area (Å²) in [7, 11) is 0. The van der Waals surface area contributed by atoms with Gasteiger partial charge in [-0.15, -0.1) is 0 Å². The molecule has 1 rings (SSSR count). The van der Waals surface area contributed by atoms with Crippen LogP contribution in [0.25, 0.3) is 0 Å². The maximum absolute atomic E-state index is 12.0. The van der Waals surface area contributed by atoms with Crippen LogP contribution in [-0.4, -0.2) is 29.4 Å². The van der Waals surface area contributed by atoms with Gasteiger partial charge < -0.3 is 19.8 Å². The molecule has 31 heavy (non-hydrogen) atoms. The first-order valence-corrected chi connectivity index (χ1v) is 12.1. The molecule has 0 fully saturated rings. The van der Waals surface area contributed by atoms with Gasteiger partial charge in [0.05, 0.1) is 13.2 Å². The molecule has 6 heteroatoms. The van der Waals surface area contributed by atoms with Gasteiger partial charge in [0, 0.05) is 5.56 Å². The van der Waals surface area contributed by atoms with Crippen LogP contribution in [0.1, 0.15) is 113 Å². The van der Waals surface area contributed by atoms with Gasteiger partial charge in [0.2, 0.25) is 5.75 Å². The third kappa shape index (κ3) is 8.60. The summed E-state index contributed by atoms with van der Waals surface area (Å²) < 4.78 is 6.11. The van der Waals surface area contributed by atoms with Crippen molar-refractivity contribution >= 4 is 5.97 Å². The Balaban J connectivity index is 3.27. The predicted molar refractivity (Wildman–Crippen MR) is 123 cm³/mol. The zero-order valence-electron chi connectivity index (χ0n) is 19.9. The Hall–Kier alpha value is -1.95. The van der Waals surface area contributed by atoms with E-state index in [1.54, 1.807) is 0 Å². The van der Waals surface area contributed by atoms with Crippen LogP contribution in [0.3, 0.4) is 0 Å². The molecule has 0 saturated carbocycles. The second-order valence-corrected chi connectivity index (χ2v) is 8.02. The Labute approximate surface area is 187 Å². The topological polar surface area (TPSA) is 85.2 Å². The van der Waals surface area contributed by atoms with E-state index in [0.717, 1.165) is 69.8 Å². The minimum atomic E-state index is -1.17. The lowest BCUT2D eigenvalue weighted by Crippen LogP contribution is -2.13. The lowest BCUT2D eigenvalue weighted by Gasteiger charge is -2.22. The summed E-state index contributed by atoms with van der Waals surface area (Å²) in [5.74, 6) is -1.15. The summed E-state index contributed by atoms with van der Waals surface area (Å²) in [5.41, 5.74) is 1.33. The molecule has 0 aliphatic carbocycles. The van der Waals surface area contributed by atoms with Gasteiger partial charge in [-0.1, -0.05) is 79.1 Å². The van der Waals surface area contributed by atoms with E-state index in [0.29, 0.717) is 37.4 Å². The van der Waals surface area contributed by atoms with Crippen LogP contribution in [0.15, 0.2) is 0 Å². The van der Waals surface area contributed by atoms with E-state index in [2.05, 4.69) is 13.8 Å². The van der Waals surface area contributed by atoms with E-state index in [1.807, 2.05) is 13.8 Å². The molecule has 0 amide bonds. The molecule has 0 heterocycles. The van der Waals surface area contributed by atoms with Crippen LogP contribution >= 0.6 is 0 Å². The van der Waals surface area contributed by atoms with Crippen molar-refractivity contribution in [3.05, 3.63) is 16.7 Å². The number of benzene rings is 1. The van der Waals surface area contributed by atoms with Gasteiger partial charge >= 0.3 is 5.97 Å². The van der Waals surface area contributed by atoms with E-state index in [1.165, 1.54) is 0 Å². The van der Waals surface area contributed by atoms with E-state index in [4.69, 9.17) is 14.5 Å². The highest BCUT2D eigenvalue weighted by Crippen LogP contribution is 2.46. The van der Waals surface area contributed by atoms with E-state index in [9.17, 15) is 15.0 Å². The van der Waals surface area contributed by atoms with Crippen LogP contribution in [0.5, 0.6) is 17.2 Å².